The smallest absolute Gasteiger partial charge is 0.212 e. The number of nitrogens with zero attached hydrogens (tertiary/aromatic N) is 1. The van der Waals surface area contributed by atoms with Crippen LogP contribution in [-0.2, 0) is 16.4 Å². The second kappa shape index (κ2) is 5.98. The second-order valence-electron chi connectivity index (χ2n) is 5.18. The Hall–Kier alpha value is -0.980. The van der Waals surface area contributed by atoms with Crippen molar-refractivity contribution < 1.29 is 13.5 Å². The molecule has 0 bridgehead atoms. The Morgan fingerprint density at radius 1 is 1.26 bits per heavy atom. The Morgan fingerprint density at radius 3 is 2.53 bits per heavy atom. The topological polar surface area (TPSA) is 79.3 Å². The minimum atomic E-state index is -3.34. The van der Waals surface area contributed by atoms with Crippen LogP contribution in [0, 0.1) is 0 Å². The molecule has 0 aromatic carbocycles. The maximum atomic E-state index is 11.9. The van der Waals surface area contributed by atoms with Gasteiger partial charge in [-0.2, -0.15) is 0 Å². The van der Waals surface area contributed by atoms with Crippen molar-refractivity contribution in [2.75, 3.05) is 12.3 Å². The summed E-state index contributed by atoms with van der Waals surface area (Å²) >= 11 is 0. The number of hydrogen-bond acceptors (Lipinski definition) is 4. The molecule has 0 aliphatic heterocycles. The summed E-state index contributed by atoms with van der Waals surface area (Å²) in [6.45, 7) is 0.131. The predicted octanol–water partition coefficient (Wildman–Crippen LogP) is 0.849. The molecule has 1 aromatic rings. The summed E-state index contributed by atoms with van der Waals surface area (Å²) in [5, 5.41) is 10.1. The molecule has 0 spiro atoms. The van der Waals surface area contributed by atoms with Crippen LogP contribution in [0.5, 0.6) is 0 Å². The van der Waals surface area contributed by atoms with Crippen molar-refractivity contribution in [1.29, 1.82) is 0 Å². The van der Waals surface area contributed by atoms with Crippen LogP contribution in [0.2, 0.25) is 0 Å². The average Bonchev–Trinajstić information content (AvgIpc) is 2.84. The summed E-state index contributed by atoms with van der Waals surface area (Å²) < 4.78 is 26.2. The lowest BCUT2D eigenvalue weighted by atomic mass is 10.0. The van der Waals surface area contributed by atoms with Crippen molar-refractivity contribution in [3.8, 4) is 0 Å². The first-order valence-electron chi connectivity index (χ1n) is 6.58. The van der Waals surface area contributed by atoms with E-state index in [-0.39, 0.29) is 12.3 Å². The van der Waals surface area contributed by atoms with E-state index < -0.39 is 15.6 Å². The number of sulfonamides is 1. The SMILES string of the molecule is O=S(=O)(CCc1ccncc1)NCC1(O)CCCC1. The standard InChI is InChI=1S/C13H20N2O3S/c16-13(6-1-2-7-13)11-15-19(17,18)10-5-12-3-8-14-9-4-12/h3-4,8-9,15-16H,1-2,5-7,10-11H2. The molecule has 19 heavy (non-hydrogen) atoms. The van der Waals surface area contributed by atoms with Gasteiger partial charge in [-0.05, 0) is 37.0 Å². The van der Waals surface area contributed by atoms with E-state index in [1.807, 2.05) is 0 Å². The van der Waals surface area contributed by atoms with E-state index in [2.05, 4.69) is 9.71 Å². The fourth-order valence-corrected chi connectivity index (χ4v) is 3.47. The van der Waals surface area contributed by atoms with E-state index in [9.17, 15) is 13.5 Å². The van der Waals surface area contributed by atoms with Crippen LogP contribution in [0.4, 0.5) is 0 Å². The normalized spacial score (nSPS) is 18.6. The van der Waals surface area contributed by atoms with Crippen LogP contribution in [0.3, 0.4) is 0 Å². The zero-order valence-electron chi connectivity index (χ0n) is 10.9. The van der Waals surface area contributed by atoms with Crippen molar-refractivity contribution in [3.63, 3.8) is 0 Å². The molecule has 0 atom stereocenters. The molecule has 0 amide bonds. The van der Waals surface area contributed by atoms with Gasteiger partial charge in [0.1, 0.15) is 0 Å². The van der Waals surface area contributed by atoms with E-state index in [1.54, 1.807) is 24.5 Å². The van der Waals surface area contributed by atoms with Gasteiger partial charge in [-0.15, -0.1) is 0 Å². The lowest BCUT2D eigenvalue weighted by molar-refractivity contribution is 0.0532. The molecule has 1 aliphatic rings. The predicted molar refractivity (Wildman–Crippen MR) is 73.1 cm³/mol. The highest BCUT2D eigenvalue weighted by atomic mass is 32.2. The Kier molecular flexibility index (Phi) is 4.54. The molecular weight excluding hydrogens is 264 g/mol. The van der Waals surface area contributed by atoms with E-state index >= 15 is 0 Å². The zero-order valence-corrected chi connectivity index (χ0v) is 11.7. The summed E-state index contributed by atoms with van der Waals surface area (Å²) in [6, 6.07) is 3.61. The Balaban J connectivity index is 1.82. The lowest BCUT2D eigenvalue weighted by Gasteiger charge is -2.22. The largest absolute Gasteiger partial charge is 0.389 e. The number of aromatic nitrogens is 1. The van der Waals surface area contributed by atoms with Gasteiger partial charge in [0.05, 0.1) is 11.4 Å². The Bertz CT molecular complexity index is 496. The van der Waals surface area contributed by atoms with E-state index in [4.69, 9.17) is 0 Å². The summed E-state index contributed by atoms with van der Waals surface area (Å²) in [4.78, 5) is 3.89. The van der Waals surface area contributed by atoms with Crippen molar-refractivity contribution in [2.45, 2.75) is 37.7 Å². The first-order valence-corrected chi connectivity index (χ1v) is 8.23. The number of aliphatic hydroxyl groups is 1. The molecule has 1 saturated carbocycles. The van der Waals surface area contributed by atoms with Crippen LogP contribution in [0.25, 0.3) is 0 Å². The molecular formula is C13H20N2O3S. The monoisotopic (exact) mass is 284 g/mol. The summed E-state index contributed by atoms with van der Waals surface area (Å²) in [6.07, 6.45) is 7.05. The third-order valence-electron chi connectivity index (χ3n) is 3.56. The minimum Gasteiger partial charge on any atom is -0.389 e. The van der Waals surface area contributed by atoms with Gasteiger partial charge in [-0.1, -0.05) is 12.8 Å². The summed E-state index contributed by atoms with van der Waals surface area (Å²) in [7, 11) is -3.34. The third-order valence-corrected chi connectivity index (χ3v) is 4.89. The van der Waals surface area contributed by atoms with Crippen molar-refractivity contribution in [2.24, 2.45) is 0 Å². The van der Waals surface area contributed by atoms with E-state index in [1.165, 1.54) is 0 Å². The van der Waals surface area contributed by atoms with Crippen LogP contribution in [0.1, 0.15) is 31.2 Å². The fraction of sp³-hybridized carbons (Fsp3) is 0.615. The molecule has 1 aliphatic carbocycles. The molecule has 6 heteroatoms. The van der Waals surface area contributed by atoms with E-state index in [0.29, 0.717) is 19.3 Å². The minimum absolute atomic E-state index is 0.0348. The Morgan fingerprint density at radius 2 is 1.89 bits per heavy atom. The van der Waals surface area contributed by atoms with Crippen molar-refractivity contribution >= 4 is 10.0 Å². The third kappa shape index (κ3) is 4.56. The first-order chi connectivity index (χ1) is 8.99. The van der Waals surface area contributed by atoms with Gasteiger partial charge in [-0.3, -0.25) is 4.98 Å². The number of nitrogens with one attached hydrogen (secondary N) is 1. The number of rotatable bonds is 6. The molecule has 2 rings (SSSR count). The van der Waals surface area contributed by atoms with Gasteiger partial charge in [0.2, 0.25) is 10.0 Å². The summed E-state index contributed by atoms with van der Waals surface area (Å²) in [5.74, 6) is 0.0348. The molecule has 0 unspecified atom stereocenters. The van der Waals surface area contributed by atoms with E-state index in [0.717, 1.165) is 18.4 Å². The van der Waals surface area contributed by atoms with Crippen molar-refractivity contribution in [3.05, 3.63) is 30.1 Å². The lowest BCUT2D eigenvalue weighted by Crippen LogP contribution is -2.41. The molecule has 106 valence electrons. The van der Waals surface area contributed by atoms with Gasteiger partial charge in [0.25, 0.3) is 0 Å². The number of hydrogen-bond donors (Lipinski definition) is 2. The quantitative estimate of drug-likeness (QED) is 0.811. The highest BCUT2D eigenvalue weighted by Crippen LogP contribution is 2.28. The summed E-state index contributed by atoms with van der Waals surface area (Å²) in [5.41, 5.74) is 0.101. The van der Waals surface area contributed by atoms with Gasteiger partial charge >= 0.3 is 0 Å². The highest BCUT2D eigenvalue weighted by molar-refractivity contribution is 7.89. The molecule has 2 N–H and O–H groups in total. The second-order valence-corrected chi connectivity index (χ2v) is 7.10. The highest BCUT2D eigenvalue weighted by Gasteiger charge is 2.32. The number of pyridine rings is 1. The average molecular weight is 284 g/mol. The molecule has 5 nitrogen and oxygen atoms in total. The van der Waals surface area contributed by atoms with Gasteiger partial charge in [0.15, 0.2) is 0 Å². The molecule has 1 fully saturated rings. The maximum absolute atomic E-state index is 11.9. The van der Waals surface area contributed by atoms with Gasteiger partial charge in [0, 0.05) is 18.9 Å². The number of aryl methyl sites for hydroxylation is 1. The molecule has 1 aromatic heterocycles. The van der Waals surface area contributed by atoms with Crippen LogP contribution < -0.4 is 4.72 Å². The van der Waals surface area contributed by atoms with Gasteiger partial charge in [-0.25, -0.2) is 13.1 Å². The zero-order chi connectivity index (χ0) is 13.8. The molecule has 0 saturated heterocycles. The van der Waals surface area contributed by atoms with Crippen molar-refractivity contribution in [1.82, 2.24) is 9.71 Å². The molecule has 0 radical (unpaired) electrons. The van der Waals surface area contributed by atoms with Gasteiger partial charge < -0.3 is 5.11 Å². The Labute approximate surface area is 114 Å². The fourth-order valence-electron chi connectivity index (χ4n) is 2.33. The van der Waals surface area contributed by atoms with Crippen LogP contribution in [-0.4, -0.2) is 36.4 Å². The maximum Gasteiger partial charge on any atom is 0.212 e. The molecule has 1 heterocycles. The van der Waals surface area contributed by atoms with Crippen LogP contribution in [0.15, 0.2) is 24.5 Å². The first kappa shape index (κ1) is 14.4. The van der Waals surface area contributed by atoms with Crippen LogP contribution >= 0.6 is 0 Å².